The lowest BCUT2D eigenvalue weighted by Gasteiger charge is -2.37. The summed E-state index contributed by atoms with van der Waals surface area (Å²) >= 11 is 0. The Morgan fingerprint density at radius 3 is 2.51 bits per heavy atom. The average molecular weight is 512 g/mol. The fourth-order valence-corrected chi connectivity index (χ4v) is 5.57. The van der Waals surface area contributed by atoms with E-state index in [1.54, 1.807) is 20.2 Å². The fraction of sp³-hybridized carbons (Fsp3) is 0.536. The summed E-state index contributed by atoms with van der Waals surface area (Å²) in [6.07, 6.45) is 3.32. The number of carboxylic acid groups (broad SMARTS) is 1. The Morgan fingerprint density at radius 2 is 1.92 bits per heavy atom. The molecule has 0 aromatic heterocycles. The normalized spacial score (nSPS) is 25.5. The van der Waals surface area contributed by atoms with Crippen molar-refractivity contribution in [3.8, 4) is 17.2 Å². The third-order valence-electron chi connectivity index (χ3n) is 7.59. The molecule has 4 aliphatic rings. The Labute approximate surface area is 216 Å². The average Bonchev–Trinajstić information content (AvgIpc) is 3.63. The zero-order valence-corrected chi connectivity index (χ0v) is 21.6. The number of ketones is 1. The van der Waals surface area contributed by atoms with Gasteiger partial charge >= 0.3 is 12.1 Å². The summed E-state index contributed by atoms with van der Waals surface area (Å²) in [5, 5.41) is 9.80. The van der Waals surface area contributed by atoms with Crippen LogP contribution >= 0.6 is 0 Å². The van der Waals surface area contributed by atoms with Gasteiger partial charge in [0, 0.05) is 25.1 Å². The highest BCUT2D eigenvalue weighted by molar-refractivity contribution is 6.17. The first-order valence-corrected chi connectivity index (χ1v) is 12.8. The maximum absolute atomic E-state index is 12.8. The van der Waals surface area contributed by atoms with E-state index in [1.165, 1.54) is 4.90 Å². The zero-order chi connectivity index (χ0) is 26.4. The molecular weight excluding hydrogens is 478 g/mol. The Kier molecular flexibility index (Phi) is 6.64. The molecule has 5 rings (SSSR count). The molecule has 2 heterocycles. The molecule has 3 atom stereocenters. The lowest BCUT2D eigenvalue weighted by atomic mass is 9.75. The molecule has 9 heteroatoms. The van der Waals surface area contributed by atoms with Gasteiger partial charge in [-0.25, -0.2) is 9.59 Å². The van der Waals surface area contributed by atoms with Crippen LogP contribution in [0.5, 0.6) is 17.2 Å². The van der Waals surface area contributed by atoms with Gasteiger partial charge in [-0.2, -0.15) is 0 Å². The van der Waals surface area contributed by atoms with Crippen LogP contribution in [0.3, 0.4) is 0 Å². The van der Waals surface area contributed by atoms with E-state index in [2.05, 4.69) is 0 Å². The molecule has 198 valence electrons. The van der Waals surface area contributed by atoms with Gasteiger partial charge in [0.1, 0.15) is 24.0 Å². The predicted octanol–water partition coefficient (Wildman–Crippen LogP) is 4.10. The van der Waals surface area contributed by atoms with Crippen LogP contribution in [-0.2, 0) is 14.3 Å². The zero-order valence-electron chi connectivity index (χ0n) is 21.6. The number of hydrogen-bond donors (Lipinski definition) is 1. The molecule has 37 heavy (non-hydrogen) atoms. The minimum Gasteiger partial charge on any atom is -0.493 e. The Balaban J connectivity index is 1.60. The summed E-state index contributed by atoms with van der Waals surface area (Å²) in [5.41, 5.74) is 2.46. The van der Waals surface area contributed by atoms with Gasteiger partial charge in [0.15, 0.2) is 23.4 Å². The first kappa shape index (κ1) is 25.2. The number of hydrogen-bond acceptors (Lipinski definition) is 7. The number of methoxy groups -OCH3 is 1. The van der Waals surface area contributed by atoms with Crippen molar-refractivity contribution in [3.05, 3.63) is 34.9 Å². The third kappa shape index (κ3) is 4.79. The van der Waals surface area contributed by atoms with Crippen LogP contribution in [0.4, 0.5) is 4.79 Å². The molecule has 1 amide bonds. The topological polar surface area (TPSA) is 112 Å². The van der Waals surface area contributed by atoms with Crippen molar-refractivity contribution >= 4 is 23.4 Å². The number of carbonyl (C=O) groups excluding carboxylic acids is 2. The highest BCUT2D eigenvalue weighted by Crippen LogP contribution is 2.54. The van der Waals surface area contributed by atoms with Crippen LogP contribution < -0.4 is 14.2 Å². The minimum atomic E-state index is -1.21. The number of amides is 1. The molecule has 9 nitrogen and oxygen atoms in total. The largest absolute Gasteiger partial charge is 0.493 e. The summed E-state index contributed by atoms with van der Waals surface area (Å²) < 4.78 is 23.5. The second-order valence-corrected chi connectivity index (χ2v) is 10.6. The summed E-state index contributed by atoms with van der Waals surface area (Å²) in [6, 6.07) is 3.69. The van der Waals surface area contributed by atoms with E-state index in [0.29, 0.717) is 36.1 Å². The van der Waals surface area contributed by atoms with Crippen LogP contribution in [-0.4, -0.2) is 67.4 Å². The summed E-state index contributed by atoms with van der Waals surface area (Å²) in [5.74, 6) is 0.670. The number of fused-ring (bicyclic) bond motifs is 2. The van der Waals surface area contributed by atoms with Crippen LogP contribution in [0.2, 0.25) is 0 Å². The number of nitrogens with zero attached hydrogens (tertiary/aromatic N) is 1. The van der Waals surface area contributed by atoms with Gasteiger partial charge in [-0.05, 0) is 60.3 Å². The van der Waals surface area contributed by atoms with Crippen molar-refractivity contribution in [2.75, 3.05) is 27.3 Å². The van der Waals surface area contributed by atoms with Gasteiger partial charge in [-0.3, -0.25) is 4.79 Å². The molecule has 1 saturated heterocycles. The third-order valence-corrected chi connectivity index (χ3v) is 7.59. The molecular formula is C28H33NO8. The molecule has 2 aliphatic carbocycles. The summed E-state index contributed by atoms with van der Waals surface area (Å²) in [4.78, 5) is 38.0. The van der Waals surface area contributed by atoms with Gasteiger partial charge in [0.2, 0.25) is 0 Å². The van der Waals surface area contributed by atoms with Crippen LogP contribution in [0.1, 0.15) is 45.1 Å². The number of carboxylic acids is 1. The quantitative estimate of drug-likeness (QED) is 0.545. The van der Waals surface area contributed by atoms with E-state index >= 15 is 0 Å². The molecule has 1 aromatic carbocycles. The fourth-order valence-electron chi connectivity index (χ4n) is 5.57. The number of rotatable bonds is 7. The maximum atomic E-state index is 12.8. The number of Topliss-reactive ketones (excluding diaryl/α,β-unsaturated/α-hetero) is 1. The Bertz CT molecular complexity index is 1190. The smallest absolute Gasteiger partial charge is 0.410 e. The van der Waals surface area contributed by atoms with Gasteiger partial charge < -0.3 is 29.0 Å². The lowest BCUT2D eigenvalue weighted by molar-refractivity contribution is -0.134. The van der Waals surface area contributed by atoms with Crippen molar-refractivity contribution in [1.82, 2.24) is 4.90 Å². The lowest BCUT2D eigenvalue weighted by Crippen LogP contribution is -2.33. The van der Waals surface area contributed by atoms with Crippen LogP contribution in [0, 0.1) is 17.8 Å². The van der Waals surface area contributed by atoms with Gasteiger partial charge in [0.05, 0.1) is 13.7 Å². The van der Waals surface area contributed by atoms with Crippen LogP contribution in [0.25, 0.3) is 5.57 Å². The molecule has 1 N–H and O–H groups in total. The number of carbonyl (C=O) groups is 3. The Hall–Kier alpha value is -3.49. The molecule has 2 fully saturated rings. The van der Waals surface area contributed by atoms with Crippen molar-refractivity contribution in [2.24, 2.45) is 17.8 Å². The van der Waals surface area contributed by atoms with Crippen molar-refractivity contribution in [3.63, 3.8) is 0 Å². The first-order chi connectivity index (χ1) is 17.7. The monoisotopic (exact) mass is 511 g/mol. The molecule has 0 radical (unpaired) electrons. The highest BCUT2D eigenvalue weighted by Gasteiger charge is 2.42. The SMILES string of the molecule is COc1cc2c(cc1OCC1CN(C)C(=O)O1)OC(C(C)C)C1=C2C(C2CC2)CCC(=O)C(C(=O)O)=C1. The predicted molar refractivity (Wildman–Crippen MR) is 134 cm³/mol. The van der Waals surface area contributed by atoms with Crippen molar-refractivity contribution in [2.45, 2.75) is 51.7 Å². The molecule has 1 saturated carbocycles. The standard InChI is InChI=1S/C28H33NO8/c1-14(2)26-20-9-18(27(31)32)21(30)8-7-17(15-5-6-15)25(20)19-10-23(34-4)24(11-22(19)37-26)35-13-16-12-29(3)28(33)36-16/h9-11,14-17,26H,5-8,12-13H2,1-4H3,(H,31,32). The molecule has 0 spiro atoms. The minimum absolute atomic E-state index is 0.0266. The number of benzene rings is 1. The van der Waals surface area contributed by atoms with E-state index in [4.69, 9.17) is 18.9 Å². The number of cyclic esters (lactones) is 1. The van der Waals surface area contributed by atoms with Gasteiger partial charge in [0.25, 0.3) is 0 Å². The molecule has 0 bridgehead atoms. The summed E-state index contributed by atoms with van der Waals surface area (Å²) in [6.45, 7) is 4.65. The molecule has 2 aliphatic heterocycles. The van der Waals surface area contributed by atoms with Gasteiger partial charge in [-0.1, -0.05) is 13.8 Å². The molecule has 1 aromatic rings. The highest BCUT2D eigenvalue weighted by atomic mass is 16.6. The summed E-state index contributed by atoms with van der Waals surface area (Å²) in [7, 11) is 3.24. The number of aliphatic carboxylic acids is 1. The van der Waals surface area contributed by atoms with E-state index in [1.807, 2.05) is 26.0 Å². The second kappa shape index (κ2) is 9.76. The van der Waals surface area contributed by atoms with E-state index in [9.17, 15) is 19.5 Å². The first-order valence-electron chi connectivity index (χ1n) is 12.8. The number of allylic oxidation sites excluding steroid dienone is 1. The second-order valence-electron chi connectivity index (χ2n) is 10.6. The Morgan fingerprint density at radius 1 is 1.16 bits per heavy atom. The number of ether oxygens (including phenoxy) is 4. The van der Waals surface area contributed by atoms with E-state index in [0.717, 1.165) is 29.6 Å². The van der Waals surface area contributed by atoms with E-state index < -0.39 is 12.1 Å². The molecule has 3 unspecified atom stereocenters. The van der Waals surface area contributed by atoms with Crippen molar-refractivity contribution < 1.29 is 38.4 Å². The van der Waals surface area contributed by atoms with Crippen molar-refractivity contribution in [1.29, 1.82) is 0 Å². The number of likely N-dealkylation sites (N-methyl/N-ethyl adjacent to an activating group) is 1. The van der Waals surface area contributed by atoms with Gasteiger partial charge in [-0.15, -0.1) is 0 Å². The van der Waals surface area contributed by atoms with E-state index in [-0.39, 0.29) is 48.4 Å². The van der Waals surface area contributed by atoms with Crippen LogP contribution in [0.15, 0.2) is 29.4 Å². The maximum Gasteiger partial charge on any atom is 0.410 e.